The highest BCUT2D eigenvalue weighted by atomic mass is 32.1. The molecule has 3 nitrogen and oxygen atoms in total. The molecule has 2 rings (SSSR count). The van der Waals surface area contributed by atoms with E-state index >= 15 is 0 Å². The number of benzene rings is 2. The van der Waals surface area contributed by atoms with Crippen molar-refractivity contribution in [3.05, 3.63) is 47.5 Å². The van der Waals surface area contributed by atoms with Crippen molar-refractivity contribution in [1.29, 1.82) is 5.26 Å². The lowest BCUT2D eigenvalue weighted by atomic mass is 10.0. The second-order valence-corrected chi connectivity index (χ2v) is 4.38. The van der Waals surface area contributed by atoms with E-state index in [9.17, 15) is 0 Å². The van der Waals surface area contributed by atoms with Gasteiger partial charge in [0.25, 0.3) is 0 Å². The molecule has 0 spiro atoms. The largest absolute Gasteiger partial charge is 0.496 e. The summed E-state index contributed by atoms with van der Waals surface area (Å²) in [5.41, 5.74) is 6.61. The second-order valence-electron chi connectivity index (χ2n) is 3.94. The minimum Gasteiger partial charge on any atom is -0.496 e. The van der Waals surface area contributed by atoms with E-state index in [1.165, 1.54) is 0 Å². The van der Waals surface area contributed by atoms with Crippen molar-refractivity contribution in [2.45, 2.75) is 0 Å². The Morgan fingerprint density at radius 3 is 2.68 bits per heavy atom. The average molecular weight is 268 g/mol. The first-order chi connectivity index (χ1) is 9.17. The first-order valence-electron chi connectivity index (χ1n) is 5.64. The first kappa shape index (κ1) is 13.1. The third-order valence-corrected chi connectivity index (χ3v) is 3.05. The molecule has 2 aromatic rings. The van der Waals surface area contributed by atoms with Gasteiger partial charge < -0.3 is 10.5 Å². The summed E-state index contributed by atoms with van der Waals surface area (Å²) in [6.45, 7) is 0. The van der Waals surface area contributed by atoms with Gasteiger partial charge in [-0.1, -0.05) is 42.5 Å². The normalized spacial score (nSPS) is 11.1. The van der Waals surface area contributed by atoms with E-state index in [1.807, 2.05) is 42.5 Å². The molecule has 2 N–H and O–H groups in total. The lowest BCUT2D eigenvalue weighted by Crippen LogP contribution is -2.09. The number of hydrogen-bond donors (Lipinski definition) is 1. The van der Waals surface area contributed by atoms with E-state index in [1.54, 1.807) is 13.2 Å². The zero-order chi connectivity index (χ0) is 13.8. The molecule has 19 heavy (non-hydrogen) atoms. The van der Waals surface area contributed by atoms with Gasteiger partial charge in [0.15, 0.2) is 0 Å². The van der Waals surface area contributed by atoms with Crippen LogP contribution in [0.1, 0.15) is 5.56 Å². The molecule has 0 fully saturated rings. The maximum atomic E-state index is 9.07. The fourth-order valence-corrected chi connectivity index (χ4v) is 2.01. The fourth-order valence-electron chi connectivity index (χ4n) is 1.91. The van der Waals surface area contributed by atoms with Crippen LogP contribution in [-0.2, 0) is 0 Å². The van der Waals surface area contributed by atoms with E-state index in [2.05, 4.69) is 0 Å². The van der Waals surface area contributed by atoms with Gasteiger partial charge in [0.05, 0.1) is 12.7 Å². The molecule has 0 saturated carbocycles. The Morgan fingerprint density at radius 1 is 1.32 bits per heavy atom. The minimum atomic E-state index is 0.0810. The van der Waals surface area contributed by atoms with Crippen molar-refractivity contribution < 1.29 is 4.74 Å². The van der Waals surface area contributed by atoms with Crippen LogP contribution in [0.25, 0.3) is 16.8 Å². The van der Waals surface area contributed by atoms with Crippen molar-refractivity contribution >= 4 is 34.1 Å². The van der Waals surface area contributed by atoms with Gasteiger partial charge in [-0.15, -0.1) is 0 Å². The molecule has 0 amide bonds. The number of methoxy groups -OCH3 is 1. The summed E-state index contributed by atoms with van der Waals surface area (Å²) in [7, 11) is 1.59. The maximum Gasteiger partial charge on any atom is 0.126 e. The molecule has 0 radical (unpaired) electrons. The predicted octanol–water partition coefficient (Wildman–Crippen LogP) is 3.04. The Hall–Kier alpha value is -2.38. The Kier molecular flexibility index (Phi) is 3.79. The summed E-state index contributed by atoms with van der Waals surface area (Å²) in [5.74, 6) is 0.683. The zero-order valence-electron chi connectivity index (χ0n) is 10.4. The SMILES string of the molecule is COc1ccc2ccccc2c1C=C(C#N)C(N)=S. The molecule has 0 atom stereocenters. The van der Waals surface area contributed by atoms with Gasteiger partial charge in [0.1, 0.15) is 16.8 Å². The van der Waals surface area contributed by atoms with Crippen LogP contribution in [0.15, 0.2) is 42.0 Å². The van der Waals surface area contributed by atoms with Gasteiger partial charge in [0, 0.05) is 5.56 Å². The Balaban J connectivity index is 2.77. The zero-order valence-corrected chi connectivity index (χ0v) is 11.2. The lowest BCUT2D eigenvalue weighted by Gasteiger charge is -2.09. The summed E-state index contributed by atoms with van der Waals surface area (Å²) >= 11 is 4.86. The average Bonchev–Trinajstić information content (AvgIpc) is 2.44. The van der Waals surface area contributed by atoms with E-state index in [4.69, 9.17) is 28.0 Å². The summed E-state index contributed by atoms with van der Waals surface area (Å²) in [6, 6.07) is 13.7. The van der Waals surface area contributed by atoms with Crippen LogP contribution in [0.5, 0.6) is 5.75 Å². The molecule has 0 heterocycles. The van der Waals surface area contributed by atoms with E-state index in [0.717, 1.165) is 16.3 Å². The van der Waals surface area contributed by atoms with Gasteiger partial charge in [-0.2, -0.15) is 5.26 Å². The van der Waals surface area contributed by atoms with Crippen LogP contribution in [0, 0.1) is 11.3 Å². The molecule has 0 unspecified atom stereocenters. The summed E-state index contributed by atoms with van der Waals surface area (Å²) in [4.78, 5) is 0.0810. The van der Waals surface area contributed by atoms with Gasteiger partial charge in [-0.3, -0.25) is 0 Å². The maximum absolute atomic E-state index is 9.07. The number of hydrogen-bond acceptors (Lipinski definition) is 3. The minimum absolute atomic E-state index is 0.0810. The van der Waals surface area contributed by atoms with Crippen LogP contribution in [-0.4, -0.2) is 12.1 Å². The van der Waals surface area contributed by atoms with Gasteiger partial charge >= 0.3 is 0 Å². The molecular weight excluding hydrogens is 256 g/mol. The molecule has 2 aromatic carbocycles. The van der Waals surface area contributed by atoms with Gasteiger partial charge in [-0.05, 0) is 22.9 Å². The molecule has 0 aliphatic carbocycles. The Morgan fingerprint density at radius 2 is 2.05 bits per heavy atom. The van der Waals surface area contributed by atoms with E-state index in [0.29, 0.717) is 5.75 Å². The second kappa shape index (κ2) is 5.51. The topological polar surface area (TPSA) is 59.0 Å². The molecule has 4 heteroatoms. The molecule has 0 bridgehead atoms. The predicted molar refractivity (Wildman–Crippen MR) is 80.9 cm³/mol. The quantitative estimate of drug-likeness (QED) is 0.528. The number of nitrogens with two attached hydrogens (primary N) is 1. The molecule has 0 aliphatic heterocycles. The highest BCUT2D eigenvalue weighted by molar-refractivity contribution is 7.80. The summed E-state index contributed by atoms with van der Waals surface area (Å²) in [6.07, 6.45) is 1.67. The van der Waals surface area contributed by atoms with Crippen molar-refractivity contribution in [1.82, 2.24) is 0 Å². The van der Waals surface area contributed by atoms with Crippen LogP contribution in [0.4, 0.5) is 0 Å². The van der Waals surface area contributed by atoms with Crippen molar-refractivity contribution in [3.8, 4) is 11.8 Å². The monoisotopic (exact) mass is 268 g/mol. The molecule has 0 aliphatic rings. The standard InChI is InChI=1S/C15H12N2OS/c1-18-14-7-6-10-4-2-3-5-12(10)13(14)8-11(9-16)15(17)19/h2-8H,1H3,(H2,17,19). The van der Waals surface area contributed by atoms with Gasteiger partial charge in [-0.25, -0.2) is 0 Å². The highest BCUT2D eigenvalue weighted by Crippen LogP contribution is 2.29. The number of nitrogens with zero attached hydrogens (tertiary/aromatic N) is 1. The number of nitriles is 1. The number of fused-ring (bicyclic) bond motifs is 1. The Labute approximate surface area is 116 Å². The number of thiocarbonyl (C=S) groups is 1. The number of rotatable bonds is 3. The van der Waals surface area contributed by atoms with Crippen molar-refractivity contribution in [3.63, 3.8) is 0 Å². The van der Waals surface area contributed by atoms with Crippen molar-refractivity contribution in [2.24, 2.45) is 5.73 Å². The van der Waals surface area contributed by atoms with Crippen LogP contribution in [0.2, 0.25) is 0 Å². The van der Waals surface area contributed by atoms with Crippen molar-refractivity contribution in [2.75, 3.05) is 7.11 Å². The third-order valence-electron chi connectivity index (χ3n) is 2.83. The highest BCUT2D eigenvalue weighted by Gasteiger charge is 2.08. The van der Waals surface area contributed by atoms with Crippen LogP contribution >= 0.6 is 12.2 Å². The molecule has 0 saturated heterocycles. The molecular formula is C15H12N2OS. The van der Waals surface area contributed by atoms with E-state index < -0.39 is 0 Å². The molecule has 0 aromatic heterocycles. The smallest absolute Gasteiger partial charge is 0.126 e. The summed E-state index contributed by atoms with van der Waals surface area (Å²) in [5, 5.41) is 11.1. The number of ether oxygens (including phenoxy) is 1. The summed E-state index contributed by atoms with van der Waals surface area (Å²) < 4.78 is 5.34. The van der Waals surface area contributed by atoms with E-state index in [-0.39, 0.29) is 10.6 Å². The van der Waals surface area contributed by atoms with Gasteiger partial charge in [0.2, 0.25) is 0 Å². The Bertz CT molecular complexity index is 714. The molecule has 94 valence electrons. The first-order valence-corrected chi connectivity index (χ1v) is 6.05. The van der Waals surface area contributed by atoms with Crippen LogP contribution < -0.4 is 10.5 Å². The third kappa shape index (κ3) is 2.56. The van der Waals surface area contributed by atoms with Crippen LogP contribution in [0.3, 0.4) is 0 Å². The lowest BCUT2D eigenvalue weighted by molar-refractivity contribution is 0.414. The fraction of sp³-hybridized carbons (Fsp3) is 0.0667.